The summed E-state index contributed by atoms with van der Waals surface area (Å²) in [5.41, 5.74) is 0. The molecule has 0 amide bonds. The fourth-order valence-electron chi connectivity index (χ4n) is 1.82. The van der Waals surface area contributed by atoms with Gasteiger partial charge >= 0.3 is 11.9 Å². The highest BCUT2D eigenvalue weighted by Crippen LogP contribution is 2.30. The van der Waals surface area contributed by atoms with E-state index < -0.39 is 24.4 Å². The van der Waals surface area contributed by atoms with Crippen LogP contribution in [-0.2, 0) is 19.0 Å². The van der Waals surface area contributed by atoms with Crippen molar-refractivity contribution in [1.29, 1.82) is 0 Å². The Balaban J connectivity index is 1.64. The van der Waals surface area contributed by atoms with Gasteiger partial charge in [0.25, 0.3) is 0 Å². The Morgan fingerprint density at radius 1 is 1.29 bits per heavy atom. The molecule has 0 aromatic rings. The van der Waals surface area contributed by atoms with Crippen molar-refractivity contribution < 1.29 is 27.8 Å². The van der Waals surface area contributed by atoms with E-state index in [0.29, 0.717) is 26.4 Å². The second-order valence-electron chi connectivity index (χ2n) is 4.16. The van der Waals surface area contributed by atoms with Crippen LogP contribution in [0.25, 0.3) is 0 Å². The van der Waals surface area contributed by atoms with E-state index in [1.54, 1.807) is 0 Å². The van der Waals surface area contributed by atoms with Gasteiger partial charge in [-0.2, -0.15) is 8.78 Å². The third-order valence-electron chi connectivity index (χ3n) is 2.69. The van der Waals surface area contributed by atoms with Gasteiger partial charge in [0.1, 0.15) is 6.10 Å². The first-order chi connectivity index (χ1) is 8.08. The Morgan fingerprint density at radius 3 is 2.65 bits per heavy atom. The van der Waals surface area contributed by atoms with Crippen molar-refractivity contribution in [3.63, 3.8) is 0 Å². The lowest BCUT2D eigenvalue weighted by molar-refractivity contribution is -0.159. The summed E-state index contributed by atoms with van der Waals surface area (Å²) in [4.78, 5) is 10.7. The zero-order valence-electron chi connectivity index (χ0n) is 9.29. The molecule has 98 valence electrons. The van der Waals surface area contributed by atoms with Gasteiger partial charge in [-0.05, 0) is 0 Å². The normalized spacial score (nSPS) is 32.5. The van der Waals surface area contributed by atoms with E-state index in [0.717, 1.165) is 0 Å². The van der Waals surface area contributed by atoms with E-state index in [1.165, 1.54) is 0 Å². The molecule has 5 nitrogen and oxygen atoms in total. The number of halogens is 2. The number of carbonyl (C=O) groups is 1. The van der Waals surface area contributed by atoms with Gasteiger partial charge in [-0.25, -0.2) is 4.79 Å². The van der Waals surface area contributed by atoms with Gasteiger partial charge < -0.3 is 19.5 Å². The molecule has 17 heavy (non-hydrogen) atoms. The Kier molecular flexibility index (Phi) is 3.90. The van der Waals surface area contributed by atoms with E-state index in [-0.39, 0.29) is 12.6 Å². The lowest BCUT2D eigenvalue weighted by Crippen LogP contribution is -2.39. The third kappa shape index (κ3) is 3.34. The molecule has 0 aliphatic carbocycles. The second kappa shape index (κ2) is 5.24. The lowest BCUT2D eigenvalue weighted by atomic mass is 10.2. The zero-order chi connectivity index (χ0) is 12.3. The second-order valence-corrected chi connectivity index (χ2v) is 4.16. The first-order valence-corrected chi connectivity index (χ1v) is 5.57. The van der Waals surface area contributed by atoms with Crippen LogP contribution in [0, 0.1) is 0 Å². The van der Waals surface area contributed by atoms with Crippen LogP contribution in [0.1, 0.15) is 6.42 Å². The maximum Gasteiger partial charge on any atom is 0.377 e. The minimum Gasteiger partial charge on any atom is -0.456 e. The summed E-state index contributed by atoms with van der Waals surface area (Å²) in [5.74, 6) is -4.77. The van der Waals surface area contributed by atoms with E-state index in [9.17, 15) is 13.6 Å². The van der Waals surface area contributed by atoms with E-state index in [4.69, 9.17) is 9.47 Å². The van der Waals surface area contributed by atoms with Crippen molar-refractivity contribution in [2.75, 3.05) is 32.9 Å². The molecular formula is C10H15F2NO4. The Labute approximate surface area is 97.4 Å². The van der Waals surface area contributed by atoms with Gasteiger partial charge in [0.2, 0.25) is 0 Å². The minimum absolute atomic E-state index is 0.0682. The maximum absolute atomic E-state index is 12.8. The molecule has 2 rings (SSSR count). The van der Waals surface area contributed by atoms with Gasteiger partial charge in [-0.3, -0.25) is 0 Å². The van der Waals surface area contributed by atoms with Crippen molar-refractivity contribution in [2.24, 2.45) is 0 Å². The van der Waals surface area contributed by atoms with E-state index in [2.05, 4.69) is 10.1 Å². The Morgan fingerprint density at radius 2 is 2.06 bits per heavy atom. The van der Waals surface area contributed by atoms with Gasteiger partial charge in [0.15, 0.2) is 0 Å². The molecule has 7 heteroatoms. The predicted molar refractivity (Wildman–Crippen MR) is 52.9 cm³/mol. The summed E-state index contributed by atoms with van der Waals surface area (Å²) in [7, 11) is 0. The standard InChI is InChI=1S/C10H15F2NO4/c11-10(12)3-7(17-9(10)14)4-13-5-8-6-15-1-2-16-8/h7-8,13H,1-6H2. The summed E-state index contributed by atoms with van der Waals surface area (Å²) in [6.07, 6.45) is -1.38. The monoisotopic (exact) mass is 251 g/mol. The summed E-state index contributed by atoms with van der Waals surface area (Å²) < 4.78 is 40.7. The Bertz CT molecular complexity index is 281. The van der Waals surface area contributed by atoms with Crippen molar-refractivity contribution in [1.82, 2.24) is 5.32 Å². The van der Waals surface area contributed by atoms with Crippen LogP contribution in [0.15, 0.2) is 0 Å². The molecule has 2 heterocycles. The number of ether oxygens (including phenoxy) is 3. The molecule has 2 saturated heterocycles. The highest BCUT2D eigenvalue weighted by molar-refractivity contribution is 5.79. The SMILES string of the molecule is O=C1OC(CNCC2COCCO2)CC1(F)F. The van der Waals surface area contributed by atoms with Gasteiger partial charge in [-0.15, -0.1) is 0 Å². The molecular weight excluding hydrogens is 236 g/mol. The summed E-state index contributed by atoms with van der Waals surface area (Å²) in [6, 6.07) is 0. The highest BCUT2D eigenvalue weighted by atomic mass is 19.3. The molecule has 0 spiro atoms. The lowest BCUT2D eigenvalue weighted by Gasteiger charge is -2.23. The first-order valence-electron chi connectivity index (χ1n) is 5.57. The number of rotatable bonds is 4. The van der Waals surface area contributed by atoms with Crippen LogP contribution in [-0.4, -0.2) is 57.0 Å². The molecule has 2 atom stereocenters. The van der Waals surface area contributed by atoms with Crippen molar-refractivity contribution >= 4 is 5.97 Å². The topological polar surface area (TPSA) is 56.8 Å². The van der Waals surface area contributed by atoms with Crippen LogP contribution in [0.2, 0.25) is 0 Å². The van der Waals surface area contributed by atoms with Crippen LogP contribution in [0.3, 0.4) is 0 Å². The largest absolute Gasteiger partial charge is 0.456 e. The predicted octanol–water partition coefficient (Wildman–Crippen LogP) is -0.0578. The van der Waals surface area contributed by atoms with E-state index >= 15 is 0 Å². The molecule has 0 bridgehead atoms. The van der Waals surface area contributed by atoms with E-state index in [1.807, 2.05) is 0 Å². The number of carbonyl (C=O) groups excluding carboxylic acids is 1. The fourth-order valence-corrected chi connectivity index (χ4v) is 1.82. The minimum atomic E-state index is -3.34. The quantitative estimate of drug-likeness (QED) is 0.709. The highest BCUT2D eigenvalue weighted by Gasteiger charge is 2.50. The average Bonchev–Trinajstić information content (AvgIpc) is 2.54. The molecule has 2 unspecified atom stereocenters. The molecule has 2 aliphatic heterocycles. The van der Waals surface area contributed by atoms with Gasteiger partial charge in [0, 0.05) is 13.1 Å². The molecule has 2 aliphatic rings. The molecule has 0 aromatic carbocycles. The number of cyclic esters (lactones) is 1. The fraction of sp³-hybridized carbons (Fsp3) is 0.900. The molecule has 0 aromatic heterocycles. The van der Waals surface area contributed by atoms with Gasteiger partial charge in [0.05, 0.1) is 32.3 Å². The summed E-state index contributed by atoms with van der Waals surface area (Å²) in [6.45, 7) is 2.33. The molecule has 1 N–H and O–H groups in total. The number of esters is 1. The van der Waals surface area contributed by atoms with Crippen molar-refractivity contribution in [2.45, 2.75) is 24.6 Å². The molecule has 0 radical (unpaired) electrons. The Hall–Kier alpha value is -0.790. The smallest absolute Gasteiger partial charge is 0.377 e. The summed E-state index contributed by atoms with van der Waals surface area (Å²) in [5, 5.41) is 2.94. The number of nitrogens with one attached hydrogen (secondary N) is 1. The number of hydrogen-bond acceptors (Lipinski definition) is 5. The summed E-state index contributed by atoms with van der Waals surface area (Å²) >= 11 is 0. The maximum atomic E-state index is 12.8. The van der Waals surface area contributed by atoms with Crippen LogP contribution >= 0.6 is 0 Å². The van der Waals surface area contributed by atoms with Crippen molar-refractivity contribution in [3.05, 3.63) is 0 Å². The van der Waals surface area contributed by atoms with Crippen molar-refractivity contribution in [3.8, 4) is 0 Å². The van der Waals surface area contributed by atoms with Crippen LogP contribution < -0.4 is 5.32 Å². The molecule has 0 saturated carbocycles. The number of hydrogen-bond donors (Lipinski definition) is 1. The van der Waals surface area contributed by atoms with Crippen LogP contribution in [0.4, 0.5) is 8.78 Å². The zero-order valence-corrected chi connectivity index (χ0v) is 9.29. The number of alkyl halides is 2. The first kappa shape index (κ1) is 12.7. The molecule has 2 fully saturated rings. The van der Waals surface area contributed by atoms with Gasteiger partial charge in [-0.1, -0.05) is 0 Å². The third-order valence-corrected chi connectivity index (χ3v) is 2.69. The van der Waals surface area contributed by atoms with Crippen LogP contribution in [0.5, 0.6) is 0 Å². The average molecular weight is 251 g/mol.